The molecule has 1 amide bonds. The molecule has 0 aliphatic carbocycles. The van der Waals surface area contributed by atoms with Gasteiger partial charge in [0.05, 0.1) is 17.1 Å². The first-order valence-electron chi connectivity index (χ1n) is 8.11. The number of fused-ring (bicyclic) bond motifs is 2. The number of nitrogens with one attached hydrogen (secondary N) is 2. The first-order valence-corrected chi connectivity index (χ1v) is 8.11. The summed E-state index contributed by atoms with van der Waals surface area (Å²) < 4.78 is 0. The second kappa shape index (κ2) is 5.97. The molecule has 0 unspecified atom stereocenters. The van der Waals surface area contributed by atoms with Crippen molar-refractivity contribution >= 4 is 33.4 Å². The summed E-state index contributed by atoms with van der Waals surface area (Å²) in [7, 11) is 0. The number of nitrogens with zero attached hydrogens (tertiary/aromatic N) is 3. The molecule has 4 aromatic rings. The number of aryl methyl sites for hydroxylation is 2. The molecule has 0 aliphatic rings. The van der Waals surface area contributed by atoms with Crippen LogP contribution >= 0.6 is 0 Å². The summed E-state index contributed by atoms with van der Waals surface area (Å²) in [6.45, 7) is 3.81. The van der Waals surface area contributed by atoms with E-state index in [1.807, 2.05) is 38.1 Å². The molecule has 0 bridgehead atoms. The maximum Gasteiger partial charge on any atom is 0.257 e. The normalized spacial score (nSPS) is 10.8. The van der Waals surface area contributed by atoms with Gasteiger partial charge in [0.1, 0.15) is 0 Å². The Morgan fingerprint density at radius 1 is 1.19 bits per heavy atom. The zero-order valence-electron chi connectivity index (χ0n) is 14.3. The summed E-state index contributed by atoms with van der Waals surface area (Å²) in [6.07, 6.45) is 3.40. The number of anilines is 1. The number of nitriles is 1. The Labute approximate surface area is 149 Å². The third kappa shape index (κ3) is 2.56. The molecule has 0 saturated heterocycles. The Kier molecular flexibility index (Phi) is 3.63. The minimum Gasteiger partial charge on any atom is -0.305 e. The monoisotopic (exact) mass is 341 g/mol. The van der Waals surface area contributed by atoms with Gasteiger partial charge in [0.15, 0.2) is 5.82 Å². The number of pyridine rings is 1. The minimum absolute atomic E-state index is 0.248. The van der Waals surface area contributed by atoms with Crippen LogP contribution in [0.25, 0.3) is 21.7 Å². The van der Waals surface area contributed by atoms with E-state index in [2.05, 4.69) is 26.6 Å². The third-order valence-corrected chi connectivity index (χ3v) is 4.40. The average molecular weight is 341 g/mol. The van der Waals surface area contributed by atoms with Gasteiger partial charge in [0.2, 0.25) is 0 Å². The van der Waals surface area contributed by atoms with Crippen molar-refractivity contribution in [3.8, 4) is 6.07 Å². The van der Waals surface area contributed by atoms with Crippen molar-refractivity contribution in [2.45, 2.75) is 13.8 Å². The Balaban J connectivity index is 1.77. The maximum absolute atomic E-state index is 12.9. The second-order valence-electron chi connectivity index (χ2n) is 6.26. The highest BCUT2D eigenvalue weighted by Crippen LogP contribution is 2.26. The van der Waals surface area contributed by atoms with Crippen LogP contribution in [-0.2, 0) is 0 Å². The molecule has 6 nitrogen and oxygen atoms in total. The van der Waals surface area contributed by atoms with E-state index in [-0.39, 0.29) is 5.91 Å². The van der Waals surface area contributed by atoms with Gasteiger partial charge in [-0.1, -0.05) is 6.07 Å². The largest absolute Gasteiger partial charge is 0.305 e. The number of H-pyrrole nitrogens is 1. The molecular formula is C20H15N5O. The van der Waals surface area contributed by atoms with Crippen LogP contribution in [-0.4, -0.2) is 21.1 Å². The predicted molar refractivity (Wildman–Crippen MR) is 100.0 cm³/mol. The maximum atomic E-state index is 12.9. The summed E-state index contributed by atoms with van der Waals surface area (Å²) in [4.78, 5) is 17.0. The van der Waals surface area contributed by atoms with Crippen LogP contribution in [0.3, 0.4) is 0 Å². The van der Waals surface area contributed by atoms with E-state index in [1.165, 1.54) is 0 Å². The summed E-state index contributed by atoms with van der Waals surface area (Å²) in [5.41, 5.74) is 3.67. The highest BCUT2D eigenvalue weighted by molar-refractivity contribution is 6.14. The van der Waals surface area contributed by atoms with Crippen LogP contribution in [0.1, 0.15) is 27.0 Å². The molecule has 26 heavy (non-hydrogen) atoms. The number of hydrogen-bond acceptors (Lipinski definition) is 4. The van der Waals surface area contributed by atoms with Crippen LogP contribution in [0.5, 0.6) is 0 Å². The zero-order valence-corrected chi connectivity index (χ0v) is 14.3. The van der Waals surface area contributed by atoms with Crippen LogP contribution < -0.4 is 5.32 Å². The smallest absolute Gasteiger partial charge is 0.257 e. The van der Waals surface area contributed by atoms with Crippen molar-refractivity contribution in [1.29, 1.82) is 5.26 Å². The fraction of sp³-hybridized carbons (Fsp3) is 0.100. The van der Waals surface area contributed by atoms with Gasteiger partial charge in [-0.05, 0) is 54.6 Å². The topological polar surface area (TPSA) is 94.5 Å². The summed E-state index contributed by atoms with van der Waals surface area (Å²) in [5, 5.41) is 21.6. The SMILES string of the molecule is Cc1cc(C(=O)Nc2n[nH]c3cc(C#N)c(C)cc23)c2cnccc2c1. The first kappa shape index (κ1) is 15.8. The van der Waals surface area contributed by atoms with E-state index in [4.69, 9.17) is 5.26 Å². The van der Waals surface area contributed by atoms with Gasteiger partial charge in [0.25, 0.3) is 5.91 Å². The minimum atomic E-state index is -0.248. The number of amides is 1. The number of rotatable bonds is 2. The number of hydrogen-bond donors (Lipinski definition) is 2. The number of aromatic nitrogens is 3. The molecule has 0 aliphatic heterocycles. The van der Waals surface area contributed by atoms with Gasteiger partial charge in [-0.3, -0.25) is 14.9 Å². The Bertz CT molecular complexity index is 1220. The van der Waals surface area contributed by atoms with E-state index < -0.39 is 0 Å². The van der Waals surface area contributed by atoms with Crippen molar-refractivity contribution < 1.29 is 4.79 Å². The van der Waals surface area contributed by atoms with Crippen LogP contribution in [0.2, 0.25) is 0 Å². The van der Waals surface area contributed by atoms with E-state index in [9.17, 15) is 4.79 Å². The summed E-state index contributed by atoms with van der Waals surface area (Å²) in [5.74, 6) is 0.193. The van der Waals surface area contributed by atoms with Gasteiger partial charge in [-0.2, -0.15) is 10.4 Å². The molecule has 0 saturated carbocycles. The third-order valence-electron chi connectivity index (χ3n) is 4.40. The van der Waals surface area contributed by atoms with Crippen molar-refractivity contribution in [3.05, 3.63) is 65.0 Å². The lowest BCUT2D eigenvalue weighted by Gasteiger charge is -2.08. The van der Waals surface area contributed by atoms with E-state index >= 15 is 0 Å². The molecule has 2 heterocycles. The lowest BCUT2D eigenvalue weighted by molar-refractivity contribution is 0.102. The van der Waals surface area contributed by atoms with Gasteiger partial charge < -0.3 is 5.32 Å². The van der Waals surface area contributed by atoms with E-state index in [1.54, 1.807) is 18.5 Å². The highest BCUT2D eigenvalue weighted by Gasteiger charge is 2.15. The zero-order chi connectivity index (χ0) is 18.3. The molecule has 0 fully saturated rings. The molecule has 126 valence electrons. The van der Waals surface area contributed by atoms with Gasteiger partial charge in [-0.25, -0.2) is 0 Å². The number of aromatic amines is 1. The van der Waals surface area contributed by atoms with Gasteiger partial charge in [-0.15, -0.1) is 0 Å². The van der Waals surface area contributed by atoms with Crippen molar-refractivity contribution in [3.63, 3.8) is 0 Å². The fourth-order valence-electron chi connectivity index (χ4n) is 3.10. The molecule has 0 spiro atoms. The standard InChI is InChI=1S/C20H15N5O/c1-11-5-13-3-4-22-10-17(13)15(6-11)20(26)23-19-16-7-12(2)14(9-21)8-18(16)24-25-19/h3-8,10H,1-2H3,(H2,23,24,25,26). The summed E-state index contributed by atoms with van der Waals surface area (Å²) >= 11 is 0. The van der Waals surface area contributed by atoms with Crippen LogP contribution in [0, 0.1) is 25.2 Å². The lowest BCUT2D eigenvalue weighted by Crippen LogP contribution is -2.13. The number of carbonyl (C=O) groups is 1. The molecule has 0 atom stereocenters. The fourth-order valence-corrected chi connectivity index (χ4v) is 3.10. The van der Waals surface area contributed by atoms with Gasteiger partial charge >= 0.3 is 0 Å². The molecule has 2 N–H and O–H groups in total. The number of carbonyl (C=O) groups excluding carboxylic acids is 1. The molecule has 2 aromatic heterocycles. The van der Waals surface area contributed by atoms with Crippen molar-refractivity contribution in [2.75, 3.05) is 5.32 Å². The quantitative estimate of drug-likeness (QED) is 0.579. The highest BCUT2D eigenvalue weighted by atomic mass is 16.1. The van der Waals surface area contributed by atoms with Gasteiger partial charge in [0, 0.05) is 28.7 Å². The molecular weight excluding hydrogens is 326 g/mol. The molecule has 4 rings (SSSR count). The number of benzene rings is 2. The van der Waals surface area contributed by atoms with Crippen LogP contribution in [0.15, 0.2) is 42.7 Å². The lowest BCUT2D eigenvalue weighted by atomic mass is 10.0. The Morgan fingerprint density at radius 2 is 2.04 bits per heavy atom. The van der Waals surface area contributed by atoms with E-state index in [0.717, 1.165) is 27.3 Å². The van der Waals surface area contributed by atoms with Crippen molar-refractivity contribution in [2.24, 2.45) is 0 Å². The van der Waals surface area contributed by atoms with E-state index in [0.29, 0.717) is 22.5 Å². The first-order chi connectivity index (χ1) is 12.6. The second-order valence-corrected chi connectivity index (χ2v) is 6.26. The summed E-state index contributed by atoms with van der Waals surface area (Å²) in [6, 6.07) is 11.5. The Morgan fingerprint density at radius 3 is 2.85 bits per heavy atom. The average Bonchev–Trinajstić information content (AvgIpc) is 3.01. The predicted octanol–water partition coefficient (Wildman–Crippen LogP) is 3.85. The molecule has 6 heteroatoms. The molecule has 0 radical (unpaired) electrons. The van der Waals surface area contributed by atoms with Crippen molar-refractivity contribution in [1.82, 2.24) is 15.2 Å². The molecule has 2 aromatic carbocycles. The Hall–Kier alpha value is -3.72. The van der Waals surface area contributed by atoms with Crippen LogP contribution in [0.4, 0.5) is 5.82 Å².